The summed E-state index contributed by atoms with van der Waals surface area (Å²) in [6.07, 6.45) is 1.22. The lowest BCUT2D eigenvalue weighted by molar-refractivity contribution is -0.145. The number of anilines is 1. The minimum atomic E-state index is -0.685. The molecule has 4 nitrogen and oxygen atoms in total. The third kappa shape index (κ3) is 2.57. The molecule has 20 heavy (non-hydrogen) atoms. The molecule has 1 N–H and O–H groups in total. The molecule has 1 heterocycles. The van der Waals surface area contributed by atoms with Gasteiger partial charge in [0.25, 0.3) is 0 Å². The Bertz CT molecular complexity index is 577. The largest absolute Gasteiger partial charge is 0.337 e. The minimum Gasteiger partial charge on any atom is -0.337 e. The Morgan fingerprint density at radius 1 is 1.45 bits per heavy atom. The van der Waals surface area contributed by atoms with Gasteiger partial charge in [0.05, 0.1) is 11.1 Å². The van der Waals surface area contributed by atoms with E-state index in [-0.39, 0.29) is 17.5 Å². The SMILES string of the molecule is C=CC(=O)N1CC(C)(C(=O)Nc2ccc(C)cc2F)C1. The van der Waals surface area contributed by atoms with Gasteiger partial charge in [-0.25, -0.2) is 4.39 Å². The van der Waals surface area contributed by atoms with Gasteiger partial charge in [0.15, 0.2) is 0 Å². The monoisotopic (exact) mass is 276 g/mol. The lowest BCUT2D eigenvalue weighted by atomic mass is 9.80. The van der Waals surface area contributed by atoms with Gasteiger partial charge in [-0.15, -0.1) is 0 Å². The maximum absolute atomic E-state index is 13.7. The van der Waals surface area contributed by atoms with Crippen molar-refractivity contribution in [2.45, 2.75) is 13.8 Å². The van der Waals surface area contributed by atoms with Crippen LogP contribution in [0.15, 0.2) is 30.9 Å². The van der Waals surface area contributed by atoms with Crippen molar-refractivity contribution in [3.63, 3.8) is 0 Å². The van der Waals surface area contributed by atoms with E-state index >= 15 is 0 Å². The summed E-state index contributed by atoms with van der Waals surface area (Å²) in [6, 6.07) is 4.64. The van der Waals surface area contributed by atoms with Gasteiger partial charge >= 0.3 is 0 Å². The van der Waals surface area contributed by atoms with Gasteiger partial charge in [-0.05, 0) is 37.6 Å². The van der Waals surface area contributed by atoms with E-state index in [0.29, 0.717) is 13.1 Å². The van der Waals surface area contributed by atoms with Crippen molar-refractivity contribution in [1.29, 1.82) is 0 Å². The number of amides is 2. The zero-order chi connectivity index (χ0) is 14.9. The van der Waals surface area contributed by atoms with Gasteiger partial charge in [-0.3, -0.25) is 9.59 Å². The normalized spacial score (nSPS) is 16.2. The Balaban J connectivity index is 2.03. The second kappa shape index (κ2) is 5.07. The lowest BCUT2D eigenvalue weighted by Gasteiger charge is -2.46. The van der Waals surface area contributed by atoms with Crippen molar-refractivity contribution in [2.24, 2.45) is 5.41 Å². The molecule has 1 saturated heterocycles. The summed E-state index contributed by atoms with van der Waals surface area (Å²) >= 11 is 0. The number of hydrogen-bond acceptors (Lipinski definition) is 2. The molecular formula is C15H17FN2O2. The second-order valence-electron chi connectivity index (χ2n) is 5.40. The molecule has 0 aliphatic carbocycles. The molecule has 1 fully saturated rings. The lowest BCUT2D eigenvalue weighted by Crippen LogP contribution is -2.61. The third-order valence-electron chi connectivity index (χ3n) is 3.49. The highest BCUT2D eigenvalue weighted by Crippen LogP contribution is 2.31. The molecule has 0 saturated carbocycles. The fraction of sp³-hybridized carbons (Fsp3) is 0.333. The van der Waals surface area contributed by atoms with E-state index in [9.17, 15) is 14.0 Å². The van der Waals surface area contributed by atoms with Gasteiger partial charge in [-0.2, -0.15) is 0 Å². The van der Waals surface area contributed by atoms with Crippen LogP contribution in [0.3, 0.4) is 0 Å². The molecule has 1 aliphatic rings. The summed E-state index contributed by atoms with van der Waals surface area (Å²) < 4.78 is 13.7. The van der Waals surface area contributed by atoms with Crippen LogP contribution in [0.4, 0.5) is 10.1 Å². The fourth-order valence-electron chi connectivity index (χ4n) is 2.22. The summed E-state index contributed by atoms with van der Waals surface area (Å²) in [7, 11) is 0. The predicted molar refractivity (Wildman–Crippen MR) is 74.7 cm³/mol. The van der Waals surface area contributed by atoms with Crippen LogP contribution in [0.5, 0.6) is 0 Å². The summed E-state index contributed by atoms with van der Waals surface area (Å²) in [5.41, 5.74) is 0.268. The maximum atomic E-state index is 13.7. The van der Waals surface area contributed by atoms with Crippen LogP contribution >= 0.6 is 0 Å². The first kappa shape index (κ1) is 14.2. The molecule has 0 aromatic heterocycles. The highest BCUT2D eigenvalue weighted by molar-refractivity contribution is 5.98. The second-order valence-corrected chi connectivity index (χ2v) is 5.40. The van der Waals surface area contributed by atoms with Crippen LogP contribution in [0.2, 0.25) is 0 Å². The number of benzene rings is 1. The van der Waals surface area contributed by atoms with E-state index in [2.05, 4.69) is 11.9 Å². The number of nitrogens with zero attached hydrogens (tertiary/aromatic N) is 1. The first-order valence-electron chi connectivity index (χ1n) is 6.35. The number of hydrogen-bond donors (Lipinski definition) is 1. The molecule has 0 spiro atoms. The number of likely N-dealkylation sites (tertiary alicyclic amines) is 1. The smallest absolute Gasteiger partial charge is 0.246 e. The van der Waals surface area contributed by atoms with Crippen LogP contribution in [0.25, 0.3) is 0 Å². The van der Waals surface area contributed by atoms with Gasteiger partial charge in [0.2, 0.25) is 11.8 Å². The Labute approximate surface area is 117 Å². The quantitative estimate of drug-likeness (QED) is 0.860. The Hall–Kier alpha value is -2.17. The molecular weight excluding hydrogens is 259 g/mol. The van der Waals surface area contributed by atoms with Gasteiger partial charge in [-0.1, -0.05) is 12.6 Å². The molecule has 106 valence electrons. The van der Waals surface area contributed by atoms with Crippen molar-refractivity contribution < 1.29 is 14.0 Å². The molecule has 1 aromatic carbocycles. The van der Waals surface area contributed by atoms with Crippen molar-refractivity contribution in [3.8, 4) is 0 Å². The molecule has 5 heteroatoms. The molecule has 2 rings (SSSR count). The van der Waals surface area contributed by atoms with Crippen molar-refractivity contribution >= 4 is 17.5 Å². The van der Waals surface area contributed by atoms with E-state index in [1.807, 2.05) is 0 Å². The number of carbonyl (C=O) groups is 2. The average Bonchev–Trinajstić information content (AvgIpc) is 2.37. The van der Waals surface area contributed by atoms with E-state index in [4.69, 9.17) is 0 Å². The minimum absolute atomic E-state index is 0.162. The summed E-state index contributed by atoms with van der Waals surface area (Å²) in [5.74, 6) is -0.939. The number of nitrogens with one attached hydrogen (secondary N) is 1. The fourth-order valence-corrected chi connectivity index (χ4v) is 2.22. The Morgan fingerprint density at radius 2 is 2.10 bits per heavy atom. The van der Waals surface area contributed by atoms with Crippen molar-refractivity contribution in [2.75, 3.05) is 18.4 Å². The Morgan fingerprint density at radius 3 is 2.65 bits per heavy atom. The summed E-state index contributed by atoms with van der Waals surface area (Å²) in [5, 5.41) is 2.58. The van der Waals surface area contributed by atoms with Gasteiger partial charge in [0, 0.05) is 13.1 Å². The number of halogens is 1. The Kier molecular flexibility index (Phi) is 3.61. The molecule has 0 atom stereocenters. The molecule has 2 amide bonds. The number of carbonyl (C=O) groups excluding carboxylic acids is 2. The standard InChI is InChI=1S/C15H17FN2O2/c1-4-13(19)18-8-15(3,9-18)14(20)17-12-6-5-10(2)7-11(12)16/h4-7H,1,8-9H2,2-3H3,(H,17,20). The zero-order valence-electron chi connectivity index (χ0n) is 11.6. The molecule has 1 aromatic rings. The van der Waals surface area contributed by atoms with E-state index < -0.39 is 11.2 Å². The molecule has 0 bridgehead atoms. The van der Waals surface area contributed by atoms with Crippen LogP contribution in [-0.2, 0) is 9.59 Å². The third-order valence-corrected chi connectivity index (χ3v) is 3.49. The van der Waals surface area contributed by atoms with E-state index in [1.54, 1.807) is 19.9 Å². The molecule has 1 aliphatic heterocycles. The highest BCUT2D eigenvalue weighted by Gasteiger charge is 2.46. The number of aryl methyl sites for hydroxylation is 1. The van der Waals surface area contributed by atoms with Crippen molar-refractivity contribution in [3.05, 3.63) is 42.2 Å². The molecule has 0 unspecified atom stereocenters. The van der Waals surface area contributed by atoms with Gasteiger partial charge in [0.1, 0.15) is 5.82 Å². The topological polar surface area (TPSA) is 49.4 Å². The first-order valence-corrected chi connectivity index (χ1v) is 6.35. The highest BCUT2D eigenvalue weighted by atomic mass is 19.1. The van der Waals surface area contributed by atoms with Crippen LogP contribution in [0, 0.1) is 18.2 Å². The van der Waals surface area contributed by atoms with Crippen LogP contribution in [-0.4, -0.2) is 29.8 Å². The number of rotatable bonds is 3. The van der Waals surface area contributed by atoms with Crippen LogP contribution < -0.4 is 5.32 Å². The van der Waals surface area contributed by atoms with Gasteiger partial charge < -0.3 is 10.2 Å². The zero-order valence-corrected chi connectivity index (χ0v) is 11.6. The van der Waals surface area contributed by atoms with E-state index in [1.165, 1.54) is 23.1 Å². The first-order chi connectivity index (χ1) is 9.35. The van der Waals surface area contributed by atoms with Crippen molar-refractivity contribution in [1.82, 2.24) is 4.90 Å². The molecule has 0 radical (unpaired) electrons. The average molecular weight is 276 g/mol. The van der Waals surface area contributed by atoms with E-state index in [0.717, 1.165) is 5.56 Å². The summed E-state index contributed by atoms with van der Waals surface area (Å²) in [6.45, 7) is 7.57. The predicted octanol–water partition coefficient (Wildman–Crippen LogP) is 2.11. The maximum Gasteiger partial charge on any atom is 0.246 e. The van der Waals surface area contributed by atoms with Crippen LogP contribution in [0.1, 0.15) is 12.5 Å². The summed E-state index contributed by atoms with van der Waals surface area (Å²) in [4.78, 5) is 25.1.